The zero-order valence-corrected chi connectivity index (χ0v) is 10.2. The molecule has 98 valence electrons. The van der Waals surface area contributed by atoms with Gasteiger partial charge in [-0.3, -0.25) is 4.79 Å². The molecule has 0 saturated carbocycles. The summed E-state index contributed by atoms with van der Waals surface area (Å²) < 4.78 is 5.13. The topological polar surface area (TPSA) is 70.6 Å². The summed E-state index contributed by atoms with van der Waals surface area (Å²) in [5.74, 6) is 0.360. The Kier molecular flexibility index (Phi) is 4.76. The highest BCUT2D eigenvalue weighted by molar-refractivity contribution is 5.80. The molecule has 3 N–H and O–H groups in total. The van der Waals surface area contributed by atoms with Crippen LogP contribution >= 0.6 is 0 Å². The summed E-state index contributed by atoms with van der Waals surface area (Å²) in [6, 6.07) is 0.981. The maximum Gasteiger partial charge on any atom is 0.224 e. The van der Waals surface area contributed by atoms with E-state index in [0.29, 0.717) is 31.8 Å². The maximum absolute atomic E-state index is 11.9. The SMILES string of the molecule is O=C(NCCCOCCO)C1CC2CCC1N2. The number of amides is 1. The Morgan fingerprint density at radius 3 is 2.94 bits per heavy atom. The third kappa shape index (κ3) is 3.40. The van der Waals surface area contributed by atoms with Crippen molar-refractivity contribution in [3.8, 4) is 0 Å². The summed E-state index contributed by atoms with van der Waals surface area (Å²) in [6.07, 6.45) is 4.17. The molecule has 5 nitrogen and oxygen atoms in total. The van der Waals surface area contributed by atoms with Crippen LogP contribution in [0.5, 0.6) is 0 Å². The number of aliphatic hydroxyl groups excluding tert-OH is 1. The van der Waals surface area contributed by atoms with E-state index in [1.165, 1.54) is 6.42 Å². The first kappa shape index (κ1) is 12.8. The normalized spacial score (nSPS) is 30.8. The van der Waals surface area contributed by atoms with Crippen LogP contribution in [0.15, 0.2) is 0 Å². The molecule has 2 aliphatic heterocycles. The number of hydrogen-bond acceptors (Lipinski definition) is 4. The van der Waals surface area contributed by atoms with E-state index in [1.807, 2.05) is 0 Å². The molecule has 2 fully saturated rings. The number of ether oxygens (including phenoxy) is 1. The zero-order valence-electron chi connectivity index (χ0n) is 10.2. The highest BCUT2D eigenvalue weighted by Crippen LogP contribution is 2.33. The predicted octanol–water partition coefficient (Wildman–Crippen LogP) is -0.358. The highest BCUT2D eigenvalue weighted by Gasteiger charge is 2.42. The Morgan fingerprint density at radius 1 is 1.41 bits per heavy atom. The Bertz CT molecular complexity index is 260. The number of aliphatic hydroxyl groups is 1. The fourth-order valence-corrected chi connectivity index (χ4v) is 2.80. The smallest absolute Gasteiger partial charge is 0.224 e. The van der Waals surface area contributed by atoms with Crippen LogP contribution in [0.2, 0.25) is 0 Å². The van der Waals surface area contributed by atoms with Crippen LogP contribution < -0.4 is 10.6 Å². The van der Waals surface area contributed by atoms with Gasteiger partial charge in [0.05, 0.1) is 19.1 Å². The molecule has 0 spiro atoms. The molecule has 0 radical (unpaired) electrons. The standard InChI is InChI=1S/C12H22N2O3/c15-5-7-17-6-1-4-13-12(16)10-8-9-2-3-11(10)14-9/h9-11,14-15H,1-8H2,(H,13,16). The lowest BCUT2D eigenvalue weighted by molar-refractivity contribution is -0.125. The average molecular weight is 242 g/mol. The van der Waals surface area contributed by atoms with Gasteiger partial charge in [-0.15, -0.1) is 0 Å². The van der Waals surface area contributed by atoms with Gasteiger partial charge < -0.3 is 20.5 Å². The van der Waals surface area contributed by atoms with E-state index in [9.17, 15) is 4.79 Å². The van der Waals surface area contributed by atoms with Crippen LogP contribution in [-0.2, 0) is 9.53 Å². The fraction of sp³-hybridized carbons (Fsp3) is 0.917. The van der Waals surface area contributed by atoms with Crippen LogP contribution in [0.1, 0.15) is 25.7 Å². The number of rotatable bonds is 7. The van der Waals surface area contributed by atoms with Gasteiger partial charge in [0.25, 0.3) is 0 Å². The summed E-state index contributed by atoms with van der Waals surface area (Å²) >= 11 is 0. The minimum Gasteiger partial charge on any atom is -0.394 e. The van der Waals surface area contributed by atoms with Crippen molar-refractivity contribution in [2.45, 2.75) is 37.8 Å². The van der Waals surface area contributed by atoms with Gasteiger partial charge in [-0.2, -0.15) is 0 Å². The third-order valence-electron chi connectivity index (χ3n) is 3.64. The highest BCUT2D eigenvalue weighted by atomic mass is 16.5. The maximum atomic E-state index is 11.9. The first-order valence-electron chi connectivity index (χ1n) is 6.53. The van der Waals surface area contributed by atoms with E-state index in [2.05, 4.69) is 10.6 Å². The molecule has 2 heterocycles. The summed E-state index contributed by atoms with van der Waals surface area (Å²) in [7, 11) is 0. The predicted molar refractivity (Wildman–Crippen MR) is 63.6 cm³/mol. The fourth-order valence-electron chi connectivity index (χ4n) is 2.80. The van der Waals surface area contributed by atoms with Gasteiger partial charge in [0.1, 0.15) is 0 Å². The molecule has 2 saturated heterocycles. The summed E-state index contributed by atoms with van der Waals surface area (Å²) in [6.45, 7) is 1.70. The van der Waals surface area contributed by atoms with E-state index in [1.54, 1.807) is 0 Å². The van der Waals surface area contributed by atoms with Gasteiger partial charge in [-0.1, -0.05) is 0 Å². The van der Waals surface area contributed by atoms with E-state index in [4.69, 9.17) is 9.84 Å². The Morgan fingerprint density at radius 2 is 2.29 bits per heavy atom. The molecule has 0 aromatic heterocycles. The lowest BCUT2D eigenvalue weighted by Crippen LogP contribution is -2.38. The summed E-state index contributed by atoms with van der Waals surface area (Å²) in [4.78, 5) is 11.9. The van der Waals surface area contributed by atoms with Crippen molar-refractivity contribution < 1.29 is 14.6 Å². The van der Waals surface area contributed by atoms with E-state index < -0.39 is 0 Å². The second-order valence-electron chi connectivity index (χ2n) is 4.87. The van der Waals surface area contributed by atoms with Crippen molar-refractivity contribution in [3.05, 3.63) is 0 Å². The van der Waals surface area contributed by atoms with Crippen molar-refractivity contribution in [1.82, 2.24) is 10.6 Å². The monoisotopic (exact) mass is 242 g/mol. The number of hydrogen-bond donors (Lipinski definition) is 3. The van der Waals surface area contributed by atoms with E-state index in [0.717, 1.165) is 19.3 Å². The zero-order chi connectivity index (χ0) is 12.1. The van der Waals surface area contributed by atoms with Crippen molar-refractivity contribution in [3.63, 3.8) is 0 Å². The average Bonchev–Trinajstić information content (AvgIpc) is 2.95. The van der Waals surface area contributed by atoms with Gasteiger partial charge in [0.15, 0.2) is 0 Å². The number of nitrogens with one attached hydrogen (secondary N) is 2. The number of fused-ring (bicyclic) bond motifs is 2. The molecule has 17 heavy (non-hydrogen) atoms. The Balaban J connectivity index is 1.55. The molecule has 2 rings (SSSR count). The molecular formula is C12H22N2O3. The molecular weight excluding hydrogens is 220 g/mol. The molecule has 1 amide bonds. The molecule has 0 aromatic rings. The number of carbonyl (C=O) groups is 1. The van der Waals surface area contributed by atoms with Crippen molar-refractivity contribution in [2.75, 3.05) is 26.4 Å². The molecule has 5 heteroatoms. The lowest BCUT2D eigenvalue weighted by atomic mass is 9.88. The Labute approximate surface area is 102 Å². The van der Waals surface area contributed by atoms with Gasteiger partial charge in [-0.25, -0.2) is 0 Å². The quantitative estimate of drug-likeness (QED) is 0.533. The van der Waals surface area contributed by atoms with Gasteiger partial charge >= 0.3 is 0 Å². The molecule has 3 unspecified atom stereocenters. The second-order valence-corrected chi connectivity index (χ2v) is 4.87. The molecule has 3 atom stereocenters. The molecule has 2 aliphatic rings. The van der Waals surface area contributed by atoms with Crippen LogP contribution in [0, 0.1) is 5.92 Å². The van der Waals surface area contributed by atoms with E-state index >= 15 is 0 Å². The molecule has 0 aromatic carbocycles. The summed E-state index contributed by atoms with van der Waals surface area (Å²) in [5, 5.41) is 14.9. The largest absolute Gasteiger partial charge is 0.394 e. The van der Waals surface area contributed by atoms with Crippen molar-refractivity contribution in [1.29, 1.82) is 0 Å². The first-order chi connectivity index (χ1) is 8.31. The summed E-state index contributed by atoms with van der Waals surface area (Å²) in [5.41, 5.74) is 0. The van der Waals surface area contributed by atoms with Gasteiger partial charge in [0.2, 0.25) is 5.91 Å². The van der Waals surface area contributed by atoms with Crippen LogP contribution in [0.3, 0.4) is 0 Å². The van der Waals surface area contributed by atoms with Crippen molar-refractivity contribution in [2.24, 2.45) is 5.92 Å². The lowest BCUT2D eigenvalue weighted by Gasteiger charge is -2.19. The Hall–Kier alpha value is -0.650. The molecule has 0 aliphatic carbocycles. The van der Waals surface area contributed by atoms with Gasteiger partial charge in [0, 0.05) is 25.2 Å². The van der Waals surface area contributed by atoms with E-state index in [-0.39, 0.29) is 18.4 Å². The first-order valence-corrected chi connectivity index (χ1v) is 6.53. The van der Waals surface area contributed by atoms with Crippen LogP contribution in [0.4, 0.5) is 0 Å². The minimum atomic E-state index is 0.0587. The third-order valence-corrected chi connectivity index (χ3v) is 3.64. The van der Waals surface area contributed by atoms with Crippen LogP contribution in [0.25, 0.3) is 0 Å². The van der Waals surface area contributed by atoms with Crippen molar-refractivity contribution >= 4 is 5.91 Å². The van der Waals surface area contributed by atoms with Crippen LogP contribution in [-0.4, -0.2) is 49.5 Å². The number of carbonyl (C=O) groups excluding carboxylic acids is 1. The van der Waals surface area contributed by atoms with Gasteiger partial charge in [-0.05, 0) is 25.7 Å². The second kappa shape index (κ2) is 6.33. The minimum absolute atomic E-state index is 0.0587. The molecule has 2 bridgehead atoms.